The number of hydrogen-bond donors (Lipinski definition) is 2. The quantitative estimate of drug-likeness (QED) is 0.781. The standard InChI is InChI=1S/C20H24ClN3O2S/c1-3-13-6-8-20(9-7-13)24(17(25)11-27-20)23-19(26)18-12(2)15-10-14(21)4-5-16(15)22-18/h4-5,10,13,22H,3,6-9,11H2,1-2H3,(H,23,26). The molecule has 1 aromatic carbocycles. The number of aryl methyl sites for hydroxylation is 1. The van der Waals surface area contributed by atoms with E-state index in [-0.39, 0.29) is 16.7 Å². The van der Waals surface area contributed by atoms with Crippen LogP contribution in [-0.4, -0.2) is 32.4 Å². The molecule has 2 amide bonds. The molecule has 2 N–H and O–H groups in total. The van der Waals surface area contributed by atoms with Crippen LogP contribution in [-0.2, 0) is 4.79 Å². The first-order valence-corrected chi connectivity index (χ1v) is 10.9. The molecule has 144 valence electrons. The Kier molecular flexibility index (Phi) is 4.89. The van der Waals surface area contributed by atoms with Crippen molar-refractivity contribution in [3.8, 4) is 0 Å². The second kappa shape index (κ2) is 7.06. The SMILES string of the molecule is CCC1CCC2(CC1)SCC(=O)N2NC(=O)c1[nH]c2ccc(Cl)cc2c1C. The number of rotatable bonds is 3. The van der Waals surface area contributed by atoms with Crippen LogP contribution < -0.4 is 5.43 Å². The Morgan fingerprint density at radius 1 is 1.41 bits per heavy atom. The number of carbonyl (C=O) groups excluding carboxylic acids is 2. The summed E-state index contributed by atoms with van der Waals surface area (Å²) in [4.78, 5) is 28.4. The molecule has 1 aliphatic heterocycles. The summed E-state index contributed by atoms with van der Waals surface area (Å²) >= 11 is 7.76. The summed E-state index contributed by atoms with van der Waals surface area (Å²) in [7, 11) is 0. The van der Waals surface area contributed by atoms with Gasteiger partial charge in [-0.2, -0.15) is 0 Å². The van der Waals surface area contributed by atoms with Crippen molar-refractivity contribution in [3.63, 3.8) is 0 Å². The van der Waals surface area contributed by atoms with Crippen molar-refractivity contribution in [3.05, 3.63) is 34.5 Å². The summed E-state index contributed by atoms with van der Waals surface area (Å²) in [6, 6.07) is 5.51. The molecule has 2 aliphatic rings. The Morgan fingerprint density at radius 2 is 2.15 bits per heavy atom. The molecule has 1 spiro atoms. The number of hydrogen-bond acceptors (Lipinski definition) is 3. The van der Waals surface area contributed by atoms with Gasteiger partial charge in [0.2, 0.25) is 0 Å². The van der Waals surface area contributed by atoms with Gasteiger partial charge >= 0.3 is 0 Å². The molecule has 7 heteroatoms. The van der Waals surface area contributed by atoms with Crippen molar-refractivity contribution >= 4 is 46.1 Å². The van der Waals surface area contributed by atoms with E-state index in [2.05, 4.69) is 17.3 Å². The van der Waals surface area contributed by atoms with Crippen molar-refractivity contribution in [1.29, 1.82) is 0 Å². The first-order chi connectivity index (χ1) is 12.9. The van der Waals surface area contributed by atoms with Gasteiger partial charge in [0.1, 0.15) is 10.6 Å². The summed E-state index contributed by atoms with van der Waals surface area (Å²) in [5.41, 5.74) is 5.10. The normalized spacial score (nSPS) is 25.5. The molecule has 0 bridgehead atoms. The van der Waals surface area contributed by atoms with Crippen LogP contribution in [0, 0.1) is 12.8 Å². The highest BCUT2D eigenvalue weighted by atomic mass is 35.5. The predicted molar refractivity (Wildman–Crippen MR) is 110 cm³/mol. The van der Waals surface area contributed by atoms with Crippen LogP contribution in [0.3, 0.4) is 0 Å². The zero-order valence-corrected chi connectivity index (χ0v) is 17.2. The Balaban J connectivity index is 1.58. The van der Waals surface area contributed by atoms with Crippen LogP contribution in [0.5, 0.6) is 0 Å². The molecule has 1 saturated heterocycles. The van der Waals surface area contributed by atoms with Crippen LogP contribution in [0.2, 0.25) is 5.02 Å². The number of halogens is 1. The van der Waals surface area contributed by atoms with Crippen molar-refractivity contribution in [2.24, 2.45) is 5.92 Å². The molecule has 0 radical (unpaired) electrons. The number of aromatic amines is 1. The van der Waals surface area contributed by atoms with Gasteiger partial charge < -0.3 is 4.98 Å². The van der Waals surface area contributed by atoms with E-state index in [1.54, 1.807) is 22.8 Å². The van der Waals surface area contributed by atoms with Crippen LogP contribution in [0.25, 0.3) is 10.9 Å². The van der Waals surface area contributed by atoms with Gasteiger partial charge in [0, 0.05) is 15.9 Å². The van der Waals surface area contributed by atoms with Gasteiger partial charge in [-0.1, -0.05) is 24.9 Å². The zero-order valence-electron chi connectivity index (χ0n) is 15.6. The van der Waals surface area contributed by atoms with Crippen molar-refractivity contribution in [1.82, 2.24) is 15.4 Å². The lowest BCUT2D eigenvalue weighted by Gasteiger charge is -2.42. The number of hydrazine groups is 1. The third kappa shape index (κ3) is 3.23. The molecular weight excluding hydrogens is 382 g/mol. The monoisotopic (exact) mass is 405 g/mol. The van der Waals surface area contributed by atoms with E-state index in [1.165, 1.54) is 6.42 Å². The second-order valence-corrected chi connectivity index (χ2v) is 9.35. The Labute approximate surface area is 168 Å². The minimum atomic E-state index is -0.290. The minimum absolute atomic E-state index is 0.0138. The van der Waals surface area contributed by atoms with E-state index >= 15 is 0 Å². The lowest BCUT2D eigenvalue weighted by atomic mass is 9.84. The number of thioether (sulfide) groups is 1. The minimum Gasteiger partial charge on any atom is -0.350 e. The number of nitrogens with zero attached hydrogens (tertiary/aromatic N) is 1. The van der Waals surface area contributed by atoms with E-state index in [1.807, 2.05) is 19.1 Å². The molecule has 2 fully saturated rings. The maximum Gasteiger partial charge on any atom is 0.286 e. The van der Waals surface area contributed by atoms with Gasteiger partial charge in [0.05, 0.1) is 5.75 Å². The van der Waals surface area contributed by atoms with Crippen molar-refractivity contribution in [2.75, 3.05) is 5.75 Å². The number of H-pyrrole nitrogens is 1. The van der Waals surface area contributed by atoms with E-state index in [9.17, 15) is 9.59 Å². The van der Waals surface area contributed by atoms with Crippen LogP contribution in [0.4, 0.5) is 0 Å². The second-order valence-electron chi connectivity index (χ2n) is 7.57. The summed E-state index contributed by atoms with van der Waals surface area (Å²) in [6.45, 7) is 4.12. The van der Waals surface area contributed by atoms with Gasteiger partial charge in [0.15, 0.2) is 0 Å². The smallest absolute Gasteiger partial charge is 0.286 e. The third-order valence-electron chi connectivity index (χ3n) is 6.05. The van der Waals surface area contributed by atoms with Gasteiger partial charge in [-0.3, -0.25) is 15.0 Å². The Morgan fingerprint density at radius 3 is 2.85 bits per heavy atom. The Bertz CT molecular complexity index is 902. The lowest BCUT2D eigenvalue weighted by molar-refractivity contribution is -0.134. The highest BCUT2D eigenvalue weighted by Gasteiger charge is 2.49. The molecule has 1 aromatic heterocycles. The fraction of sp³-hybridized carbons (Fsp3) is 0.500. The number of nitrogens with one attached hydrogen (secondary N) is 2. The van der Waals surface area contributed by atoms with E-state index in [0.29, 0.717) is 16.5 Å². The number of aromatic nitrogens is 1. The third-order valence-corrected chi connectivity index (χ3v) is 7.80. The topological polar surface area (TPSA) is 65.2 Å². The largest absolute Gasteiger partial charge is 0.350 e. The average molecular weight is 406 g/mol. The molecule has 0 unspecified atom stereocenters. The van der Waals surface area contributed by atoms with E-state index in [0.717, 1.165) is 48.1 Å². The summed E-state index contributed by atoms with van der Waals surface area (Å²) in [5.74, 6) is 0.871. The number of benzene rings is 1. The fourth-order valence-electron chi connectivity index (χ4n) is 4.30. The van der Waals surface area contributed by atoms with Crippen LogP contribution in [0.1, 0.15) is 55.1 Å². The van der Waals surface area contributed by atoms with Gasteiger partial charge in [-0.05, 0) is 62.3 Å². The average Bonchev–Trinajstić information content (AvgIpc) is 3.15. The van der Waals surface area contributed by atoms with Crippen molar-refractivity contribution < 1.29 is 9.59 Å². The molecule has 4 rings (SSSR count). The number of carbonyl (C=O) groups is 2. The maximum absolute atomic E-state index is 13.0. The molecular formula is C20H24ClN3O2S. The molecule has 1 saturated carbocycles. The van der Waals surface area contributed by atoms with Gasteiger partial charge in [-0.25, -0.2) is 5.01 Å². The van der Waals surface area contributed by atoms with Crippen LogP contribution in [0.15, 0.2) is 18.2 Å². The fourth-order valence-corrected chi connectivity index (χ4v) is 5.80. The van der Waals surface area contributed by atoms with Gasteiger partial charge in [0.25, 0.3) is 11.8 Å². The molecule has 2 aromatic rings. The highest BCUT2D eigenvalue weighted by Crippen LogP contribution is 2.48. The Hall–Kier alpha value is -1.66. The molecule has 27 heavy (non-hydrogen) atoms. The number of amides is 2. The summed E-state index contributed by atoms with van der Waals surface area (Å²) in [5, 5.41) is 3.17. The summed E-state index contributed by atoms with van der Waals surface area (Å²) in [6.07, 6.45) is 5.25. The van der Waals surface area contributed by atoms with E-state index < -0.39 is 0 Å². The van der Waals surface area contributed by atoms with Crippen LogP contribution >= 0.6 is 23.4 Å². The predicted octanol–water partition coefficient (Wildman–Crippen LogP) is 4.65. The van der Waals surface area contributed by atoms with E-state index in [4.69, 9.17) is 11.6 Å². The maximum atomic E-state index is 13.0. The summed E-state index contributed by atoms with van der Waals surface area (Å²) < 4.78 is 0. The first-order valence-electron chi connectivity index (χ1n) is 9.49. The van der Waals surface area contributed by atoms with Gasteiger partial charge in [-0.15, -0.1) is 11.8 Å². The molecule has 1 aliphatic carbocycles. The lowest BCUT2D eigenvalue weighted by Crippen LogP contribution is -2.55. The molecule has 5 nitrogen and oxygen atoms in total. The molecule has 0 atom stereocenters. The van der Waals surface area contributed by atoms with Crippen molar-refractivity contribution in [2.45, 2.75) is 50.8 Å². The highest BCUT2D eigenvalue weighted by molar-refractivity contribution is 8.01. The molecule has 2 heterocycles. The number of fused-ring (bicyclic) bond motifs is 1. The zero-order chi connectivity index (χ0) is 19.2. The first kappa shape index (κ1) is 18.7.